The van der Waals surface area contributed by atoms with Crippen molar-refractivity contribution in [1.29, 1.82) is 0 Å². The van der Waals surface area contributed by atoms with Crippen LogP contribution in [0.5, 0.6) is 11.5 Å². The van der Waals surface area contributed by atoms with Crippen LogP contribution in [-0.4, -0.2) is 54.2 Å². The predicted molar refractivity (Wildman–Crippen MR) is 149 cm³/mol. The molecule has 0 bridgehead atoms. The van der Waals surface area contributed by atoms with Crippen molar-refractivity contribution in [3.8, 4) is 11.5 Å². The van der Waals surface area contributed by atoms with E-state index in [0.717, 1.165) is 34.9 Å². The maximum Gasteiger partial charge on any atom is 0.255 e. The molecule has 2 aliphatic heterocycles. The van der Waals surface area contributed by atoms with Crippen LogP contribution >= 0.6 is 0 Å². The summed E-state index contributed by atoms with van der Waals surface area (Å²) >= 11 is 0. The number of carbonyl (C=O) groups is 2. The minimum absolute atomic E-state index is 0.0772. The van der Waals surface area contributed by atoms with Crippen molar-refractivity contribution < 1.29 is 28.2 Å². The molecule has 0 aliphatic carbocycles. The van der Waals surface area contributed by atoms with Gasteiger partial charge in [0.1, 0.15) is 18.1 Å². The van der Waals surface area contributed by atoms with Gasteiger partial charge in [0.05, 0.1) is 12.6 Å². The van der Waals surface area contributed by atoms with Gasteiger partial charge >= 0.3 is 0 Å². The summed E-state index contributed by atoms with van der Waals surface area (Å²) in [7, 11) is 0. The maximum absolute atomic E-state index is 14.0. The summed E-state index contributed by atoms with van der Waals surface area (Å²) in [4.78, 5) is 31.3. The first-order valence-electron chi connectivity index (χ1n) is 13.6. The number of nitrogens with zero attached hydrogens (tertiary/aromatic N) is 2. The summed E-state index contributed by atoms with van der Waals surface area (Å²) in [5.41, 5.74) is 1.47. The van der Waals surface area contributed by atoms with Crippen LogP contribution in [0, 0.1) is 6.92 Å². The van der Waals surface area contributed by atoms with E-state index in [9.17, 15) is 9.59 Å². The van der Waals surface area contributed by atoms with Crippen LogP contribution < -0.4 is 9.47 Å². The summed E-state index contributed by atoms with van der Waals surface area (Å²) in [6, 6.07) is 22.9. The fraction of sp³-hybridized carbons (Fsp3) is 0.312. The first-order chi connectivity index (χ1) is 19.5. The molecule has 2 aliphatic rings. The van der Waals surface area contributed by atoms with Crippen LogP contribution in [-0.2, 0) is 22.6 Å². The highest BCUT2D eigenvalue weighted by Crippen LogP contribution is 2.33. The standard InChI is InChI=1S/C32H32N2O6/c1-22-11-13-26(40-22)19-33(17-23-12-14-29-30(16-23)39-21-38-29)31(35)20-34(18-25-8-5-15-37-25)32(36)28-10-4-7-24-6-2-3-9-27(24)28/h2-4,6-7,9-14,16,25H,5,8,15,17-21H2,1H3/t25-/m0/s1. The van der Waals surface area contributed by atoms with Gasteiger partial charge in [-0.25, -0.2) is 0 Å². The number of benzene rings is 3. The van der Waals surface area contributed by atoms with Crippen LogP contribution in [0.1, 0.15) is 40.3 Å². The van der Waals surface area contributed by atoms with Crippen LogP contribution in [0.25, 0.3) is 10.8 Å². The van der Waals surface area contributed by atoms with Gasteiger partial charge in [-0.1, -0.05) is 42.5 Å². The van der Waals surface area contributed by atoms with Crippen LogP contribution in [0.3, 0.4) is 0 Å². The minimum Gasteiger partial charge on any atom is -0.464 e. The topological polar surface area (TPSA) is 81.5 Å². The lowest BCUT2D eigenvalue weighted by Crippen LogP contribution is -2.45. The Kier molecular flexibility index (Phi) is 7.42. The van der Waals surface area contributed by atoms with Crippen molar-refractivity contribution in [2.45, 2.75) is 39.0 Å². The third-order valence-electron chi connectivity index (χ3n) is 7.39. The van der Waals surface area contributed by atoms with E-state index in [1.807, 2.05) is 79.7 Å². The lowest BCUT2D eigenvalue weighted by molar-refractivity contribution is -0.133. The van der Waals surface area contributed by atoms with E-state index in [0.29, 0.717) is 42.5 Å². The van der Waals surface area contributed by atoms with Gasteiger partial charge in [-0.2, -0.15) is 0 Å². The molecule has 3 aromatic carbocycles. The van der Waals surface area contributed by atoms with Gasteiger partial charge in [0.15, 0.2) is 11.5 Å². The highest BCUT2D eigenvalue weighted by atomic mass is 16.7. The van der Waals surface area contributed by atoms with E-state index in [1.165, 1.54) is 0 Å². The normalized spacial score (nSPS) is 15.9. The molecule has 40 heavy (non-hydrogen) atoms. The van der Waals surface area contributed by atoms with E-state index < -0.39 is 0 Å². The number of carbonyl (C=O) groups excluding carboxylic acids is 2. The van der Waals surface area contributed by atoms with Crippen molar-refractivity contribution in [3.63, 3.8) is 0 Å². The van der Waals surface area contributed by atoms with Crippen molar-refractivity contribution in [2.75, 3.05) is 26.5 Å². The van der Waals surface area contributed by atoms with E-state index in [1.54, 1.807) is 9.80 Å². The Balaban J connectivity index is 1.28. The Labute approximate surface area is 233 Å². The molecular formula is C32H32N2O6. The molecule has 1 saturated heterocycles. The van der Waals surface area contributed by atoms with E-state index in [4.69, 9.17) is 18.6 Å². The van der Waals surface area contributed by atoms with E-state index in [-0.39, 0.29) is 37.8 Å². The van der Waals surface area contributed by atoms with Gasteiger partial charge in [-0.3, -0.25) is 9.59 Å². The first-order valence-corrected chi connectivity index (χ1v) is 13.6. The molecule has 1 atom stereocenters. The average molecular weight is 541 g/mol. The zero-order chi connectivity index (χ0) is 27.5. The Morgan fingerprint density at radius 2 is 1.75 bits per heavy atom. The summed E-state index contributed by atoms with van der Waals surface area (Å²) in [6.45, 7) is 3.60. The molecular weight excluding hydrogens is 508 g/mol. The summed E-state index contributed by atoms with van der Waals surface area (Å²) in [5, 5.41) is 1.84. The highest BCUT2D eigenvalue weighted by molar-refractivity contribution is 6.07. The molecule has 0 unspecified atom stereocenters. The van der Waals surface area contributed by atoms with Gasteiger partial charge < -0.3 is 28.4 Å². The number of fused-ring (bicyclic) bond motifs is 2. The van der Waals surface area contributed by atoms with Gasteiger partial charge in [-0.05, 0) is 66.4 Å². The minimum atomic E-state index is -0.183. The van der Waals surface area contributed by atoms with Crippen molar-refractivity contribution >= 4 is 22.6 Å². The van der Waals surface area contributed by atoms with Crippen molar-refractivity contribution in [3.05, 3.63) is 95.4 Å². The van der Waals surface area contributed by atoms with Crippen LogP contribution in [0.4, 0.5) is 0 Å². The van der Waals surface area contributed by atoms with Crippen molar-refractivity contribution in [1.82, 2.24) is 9.80 Å². The number of hydrogen-bond donors (Lipinski definition) is 0. The second kappa shape index (κ2) is 11.4. The maximum atomic E-state index is 14.0. The number of aryl methyl sites for hydroxylation is 1. The third kappa shape index (κ3) is 5.67. The van der Waals surface area contributed by atoms with E-state index >= 15 is 0 Å². The zero-order valence-electron chi connectivity index (χ0n) is 22.5. The summed E-state index contributed by atoms with van der Waals surface area (Å²) in [6.07, 6.45) is 1.71. The molecule has 4 aromatic rings. The molecule has 8 heteroatoms. The second-order valence-electron chi connectivity index (χ2n) is 10.3. The van der Waals surface area contributed by atoms with Gasteiger partial charge in [0, 0.05) is 25.3 Å². The number of hydrogen-bond acceptors (Lipinski definition) is 6. The van der Waals surface area contributed by atoms with Crippen LogP contribution in [0.15, 0.2) is 77.2 Å². The van der Waals surface area contributed by atoms with Gasteiger partial charge in [-0.15, -0.1) is 0 Å². The Morgan fingerprint density at radius 1 is 0.900 bits per heavy atom. The quantitative estimate of drug-likeness (QED) is 0.286. The average Bonchev–Trinajstić information content (AvgIpc) is 3.74. The molecule has 1 aromatic heterocycles. The number of ether oxygens (including phenoxy) is 3. The Morgan fingerprint density at radius 3 is 2.58 bits per heavy atom. The summed E-state index contributed by atoms with van der Waals surface area (Å²) in [5.74, 6) is 2.43. The Bertz CT molecular complexity index is 1520. The Hall–Kier alpha value is -4.30. The molecule has 0 spiro atoms. The van der Waals surface area contributed by atoms with Gasteiger partial charge in [0.2, 0.25) is 12.7 Å². The monoisotopic (exact) mass is 540 g/mol. The smallest absolute Gasteiger partial charge is 0.255 e. The molecule has 3 heterocycles. The second-order valence-corrected chi connectivity index (χ2v) is 10.3. The molecule has 1 fully saturated rings. The predicted octanol–water partition coefficient (Wildman–Crippen LogP) is 5.32. The summed E-state index contributed by atoms with van der Waals surface area (Å²) < 4.78 is 22.7. The molecule has 8 nitrogen and oxygen atoms in total. The third-order valence-corrected chi connectivity index (χ3v) is 7.39. The van der Waals surface area contributed by atoms with Crippen LogP contribution in [0.2, 0.25) is 0 Å². The lowest BCUT2D eigenvalue weighted by atomic mass is 10.0. The van der Waals surface area contributed by atoms with Gasteiger partial charge in [0.25, 0.3) is 5.91 Å². The molecule has 6 rings (SSSR count). The SMILES string of the molecule is Cc1ccc(CN(Cc2ccc3c(c2)OCO3)C(=O)CN(C[C@@H]2CCCO2)C(=O)c2cccc3ccccc23)o1. The molecule has 206 valence electrons. The first kappa shape index (κ1) is 26.0. The largest absolute Gasteiger partial charge is 0.464 e. The van der Waals surface area contributed by atoms with Crippen molar-refractivity contribution in [2.24, 2.45) is 0 Å². The number of furan rings is 1. The highest BCUT2D eigenvalue weighted by Gasteiger charge is 2.28. The molecule has 0 N–H and O–H groups in total. The fourth-order valence-electron chi connectivity index (χ4n) is 5.35. The fourth-order valence-corrected chi connectivity index (χ4v) is 5.35. The number of amides is 2. The molecule has 0 radical (unpaired) electrons. The van der Waals surface area contributed by atoms with E-state index in [2.05, 4.69) is 0 Å². The molecule has 2 amide bonds. The number of rotatable bonds is 9. The lowest BCUT2D eigenvalue weighted by Gasteiger charge is -2.29. The molecule has 0 saturated carbocycles. The zero-order valence-corrected chi connectivity index (χ0v) is 22.5.